The molecule has 0 bridgehead atoms. The maximum absolute atomic E-state index is 14.1. The minimum absolute atomic E-state index is 0.126. The summed E-state index contributed by atoms with van der Waals surface area (Å²) in [6.07, 6.45) is 2.25. The molecule has 0 amide bonds. The number of rotatable bonds is 5. The Kier molecular flexibility index (Phi) is 5.99. The lowest BCUT2D eigenvalue weighted by atomic mass is 9.93. The lowest BCUT2D eigenvalue weighted by Crippen LogP contribution is -2.42. The van der Waals surface area contributed by atoms with Gasteiger partial charge in [0.25, 0.3) is 0 Å². The normalized spacial score (nSPS) is 19.1. The van der Waals surface area contributed by atoms with E-state index in [2.05, 4.69) is 23.9 Å². The van der Waals surface area contributed by atoms with Crippen LogP contribution in [0.1, 0.15) is 24.4 Å². The van der Waals surface area contributed by atoms with Crippen molar-refractivity contribution in [3.8, 4) is 0 Å². The van der Waals surface area contributed by atoms with E-state index >= 15 is 0 Å². The van der Waals surface area contributed by atoms with E-state index in [9.17, 15) is 4.39 Å². The Balaban J connectivity index is 2.06. The largest absolute Gasteiger partial charge is 0.329 e. The zero-order valence-electron chi connectivity index (χ0n) is 12.9. The zero-order valence-corrected chi connectivity index (χ0v) is 13.6. The quantitative estimate of drug-likeness (QED) is 0.907. The van der Waals surface area contributed by atoms with Crippen molar-refractivity contribution in [1.82, 2.24) is 9.80 Å². The maximum atomic E-state index is 14.1. The standard InChI is InChI=1S/C16H25ClFN3/c1-20(2)11-12-6-8-21(9-7-12)15(10-19)16-13(17)4-3-5-14(16)18/h3-5,12,15H,6-11,19H2,1-2H3. The Labute approximate surface area is 131 Å². The first-order valence-electron chi connectivity index (χ1n) is 7.55. The molecule has 0 aliphatic carbocycles. The SMILES string of the molecule is CN(C)CC1CCN(C(CN)c2c(F)cccc2Cl)CC1. The molecule has 3 nitrogen and oxygen atoms in total. The molecule has 5 heteroatoms. The van der Waals surface area contributed by atoms with Crippen molar-refractivity contribution in [3.05, 3.63) is 34.6 Å². The number of hydrogen-bond acceptors (Lipinski definition) is 3. The number of nitrogens with zero attached hydrogens (tertiary/aromatic N) is 2. The molecular weight excluding hydrogens is 289 g/mol. The molecule has 2 rings (SSSR count). The van der Waals surface area contributed by atoms with Crippen LogP contribution in [0.2, 0.25) is 5.02 Å². The van der Waals surface area contributed by atoms with Crippen molar-refractivity contribution in [2.24, 2.45) is 11.7 Å². The number of benzene rings is 1. The fourth-order valence-electron chi connectivity index (χ4n) is 3.24. The first-order chi connectivity index (χ1) is 10.0. The van der Waals surface area contributed by atoms with E-state index in [1.807, 2.05) is 0 Å². The van der Waals surface area contributed by atoms with Gasteiger partial charge in [-0.3, -0.25) is 4.90 Å². The highest BCUT2D eigenvalue weighted by Gasteiger charge is 2.28. The lowest BCUT2D eigenvalue weighted by Gasteiger charge is -2.38. The monoisotopic (exact) mass is 313 g/mol. The minimum Gasteiger partial charge on any atom is -0.329 e. The number of likely N-dealkylation sites (tertiary alicyclic amines) is 1. The van der Waals surface area contributed by atoms with Gasteiger partial charge in [-0.05, 0) is 58.1 Å². The van der Waals surface area contributed by atoms with Gasteiger partial charge in [0.15, 0.2) is 0 Å². The third kappa shape index (κ3) is 4.16. The predicted octanol–water partition coefficient (Wildman–Crippen LogP) is 2.75. The third-order valence-corrected chi connectivity index (χ3v) is 4.60. The zero-order chi connectivity index (χ0) is 15.4. The van der Waals surface area contributed by atoms with Crippen molar-refractivity contribution in [2.75, 3.05) is 40.3 Å². The molecule has 1 saturated heterocycles. The molecule has 1 heterocycles. The molecule has 1 aliphatic rings. The summed E-state index contributed by atoms with van der Waals surface area (Å²) < 4.78 is 14.1. The van der Waals surface area contributed by atoms with Crippen LogP contribution in [0.15, 0.2) is 18.2 Å². The van der Waals surface area contributed by atoms with Gasteiger partial charge in [0, 0.05) is 23.7 Å². The number of nitrogens with two attached hydrogens (primary N) is 1. The van der Waals surface area contributed by atoms with Crippen molar-refractivity contribution in [1.29, 1.82) is 0 Å². The van der Waals surface area contributed by atoms with E-state index < -0.39 is 0 Å². The second-order valence-corrected chi connectivity index (χ2v) is 6.54. The van der Waals surface area contributed by atoms with Crippen LogP contribution >= 0.6 is 11.6 Å². The van der Waals surface area contributed by atoms with Crippen molar-refractivity contribution in [2.45, 2.75) is 18.9 Å². The average Bonchev–Trinajstić information content (AvgIpc) is 2.44. The van der Waals surface area contributed by atoms with Crippen LogP contribution in [0.5, 0.6) is 0 Å². The van der Waals surface area contributed by atoms with Gasteiger partial charge in [0.05, 0.1) is 6.04 Å². The Morgan fingerprint density at radius 2 is 2.05 bits per heavy atom. The van der Waals surface area contributed by atoms with Gasteiger partial charge in [0.1, 0.15) is 5.82 Å². The van der Waals surface area contributed by atoms with Gasteiger partial charge in [0.2, 0.25) is 0 Å². The molecular formula is C16H25ClFN3. The lowest BCUT2D eigenvalue weighted by molar-refractivity contribution is 0.121. The van der Waals surface area contributed by atoms with Crippen LogP contribution in [0.4, 0.5) is 4.39 Å². The summed E-state index contributed by atoms with van der Waals surface area (Å²) in [5, 5.41) is 0.473. The Hall–Kier alpha value is -0.680. The summed E-state index contributed by atoms with van der Waals surface area (Å²) in [5.74, 6) is 0.458. The van der Waals surface area contributed by atoms with Gasteiger partial charge in [-0.15, -0.1) is 0 Å². The minimum atomic E-state index is -0.256. The second-order valence-electron chi connectivity index (χ2n) is 6.13. The second kappa shape index (κ2) is 7.54. The van der Waals surface area contributed by atoms with E-state index in [-0.39, 0.29) is 11.9 Å². The highest BCUT2D eigenvalue weighted by Crippen LogP contribution is 2.32. The Morgan fingerprint density at radius 1 is 1.38 bits per heavy atom. The van der Waals surface area contributed by atoms with Gasteiger partial charge in [-0.2, -0.15) is 0 Å². The topological polar surface area (TPSA) is 32.5 Å². The third-order valence-electron chi connectivity index (χ3n) is 4.27. The Bertz CT molecular complexity index is 439. The maximum Gasteiger partial charge on any atom is 0.129 e. The van der Waals surface area contributed by atoms with E-state index in [0.717, 1.165) is 32.5 Å². The van der Waals surface area contributed by atoms with Crippen LogP contribution in [0, 0.1) is 11.7 Å². The van der Waals surface area contributed by atoms with Crippen molar-refractivity contribution in [3.63, 3.8) is 0 Å². The van der Waals surface area contributed by atoms with E-state index in [1.165, 1.54) is 6.07 Å². The van der Waals surface area contributed by atoms with Crippen LogP contribution < -0.4 is 5.73 Å². The molecule has 0 radical (unpaired) electrons. The van der Waals surface area contributed by atoms with Gasteiger partial charge < -0.3 is 10.6 Å². The van der Waals surface area contributed by atoms with Crippen LogP contribution in [0.3, 0.4) is 0 Å². The summed E-state index contributed by atoms with van der Waals surface area (Å²) in [5.41, 5.74) is 6.46. The van der Waals surface area contributed by atoms with Gasteiger partial charge in [-0.25, -0.2) is 4.39 Å². The molecule has 0 aromatic heterocycles. The van der Waals surface area contributed by atoms with Crippen LogP contribution in [0.25, 0.3) is 0 Å². The van der Waals surface area contributed by atoms with Crippen molar-refractivity contribution >= 4 is 11.6 Å². The fraction of sp³-hybridized carbons (Fsp3) is 0.625. The molecule has 118 valence electrons. The molecule has 21 heavy (non-hydrogen) atoms. The summed E-state index contributed by atoms with van der Waals surface area (Å²) in [6.45, 7) is 3.40. The summed E-state index contributed by atoms with van der Waals surface area (Å²) in [6, 6.07) is 4.71. The van der Waals surface area contributed by atoms with Crippen LogP contribution in [-0.4, -0.2) is 50.1 Å². The van der Waals surface area contributed by atoms with Gasteiger partial charge in [-0.1, -0.05) is 17.7 Å². The molecule has 1 fully saturated rings. The van der Waals surface area contributed by atoms with Crippen molar-refractivity contribution < 1.29 is 4.39 Å². The molecule has 1 aliphatic heterocycles. The first-order valence-corrected chi connectivity index (χ1v) is 7.93. The van der Waals surface area contributed by atoms with E-state index in [0.29, 0.717) is 23.0 Å². The molecule has 1 unspecified atom stereocenters. The summed E-state index contributed by atoms with van der Waals surface area (Å²) >= 11 is 6.19. The number of piperidine rings is 1. The van der Waals surface area contributed by atoms with E-state index in [4.69, 9.17) is 17.3 Å². The molecule has 0 saturated carbocycles. The predicted molar refractivity (Wildman–Crippen MR) is 86.1 cm³/mol. The number of halogens is 2. The first kappa shape index (κ1) is 16.7. The molecule has 1 aromatic rings. The highest BCUT2D eigenvalue weighted by molar-refractivity contribution is 6.31. The molecule has 1 aromatic carbocycles. The smallest absolute Gasteiger partial charge is 0.129 e. The summed E-state index contributed by atoms with van der Waals surface area (Å²) in [4.78, 5) is 4.50. The summed E-state index contributed by atoms with van der Waals surface area (Å²) in [7, 11) is 4.21. The fourth-order valence-corrected chi connectivity index (χ4v) is 3.53. The van der Waals surface area contributed by atoms with Crippen LogP contribution in [-0.2, 0) is 0 Å². The van der Waals surface area contributed by atoms with E-state index in [1.54, 1.807) is 12.1 Å². The number of hydrogen-bond donors (Lipinski definition) is 1. The molecule has 2 N–H and O–H groups in total. The molecule has 0 spiro atoms. The Morgan fingerprint density at radius 3 is 2.57 bits per heavy atom. The highest BCUT2D eigenvalue weighted by atomic mass is 35.5. The van der Waals surface area contributed by atoms with Gasteiger partial charge >= 0.3 is 0 Å². The average molecular weight is 314 g/mol. The molecule has 1 atom stereocenters.